The molecule has 0 aliphatic carbocycles. The van der Waals surface area contributed by atoms with Crippen LogP contribution in [0.1, 0.15) is 38.3 Å². The minimum Gasteiger partial charge on any atom is -0.376 e. The molecule has 1 rings (SSSR count). The predicted molar refractivity (Wildman–Crippen MR) is 76.9 cm³/mol. The average Bonchev–Trinajstić information content (AvgIpc) is 2.27. The van der Waals surface area contributed by atoms with Gasteiger partial charge in [0, 0.05) is 11.2 Å². The minimum atomic E-state index is -0.138. The maximum absolute atomic E-state index is 11.8. The zero-order valence-corrected chi connectivity index (χ0v) is 12.1. The molecule has 2 N–H and O–H groups in total. The molecule has 0 saturated heterocycles. The second-order valence-corrected chi connectivity index (χ2v) is 5.46. The van der Waals surface area contributed by atoms with Crippen molar-refractivity contribution in [3.63, 3.8) is 0 Å². The molecule has 0 heterocycles. The number of carbonyl (C=O) groups is 1. The topological polar surface area (TPSA) is 41.1 Å². The van der Waals surface area contributed by atoms with E-state index in [0.717, 1.165) is 17.7 Å². The van der Waals surface area contributed by atoms with Crippen molar-refractivity contribution in [1.82, 2.24) is 5.32 Å². The summed E-state index contributed by atoms with van der Waals surface area (Å²) in [5, 5.41) is 6.18. The fraction of sp³-hybridized carbons (Fsp3) is 0.533. The monoisotopic (exact) mass is 248 g/mol. The Morgan fingerprint density at radius 3 is 2.50 bits per heavy atom. The van der Waals surface area contributed by atoms with Crippen LogP contribution in [0.25, 0.3) is 0 Å². The molecule has 0 atom stereocenters. The van der Waals surface area contributed by atoms with Crippen molar-refractivity contribution in [2.24, 2.45) is 0 Å². The molecule has 0 aromatic heterocycles. The van der Waals surface area contributed by atoms with E-state index in [9.17, 15) is 4.79 Å². The summed E-state index contributed by atoms with van der Waals surface area (Å²) in [6.07, 6.45) is 0.919. The summed E-state index contributed by atoms with van der Waals surface area (Å²) in [6, 6.07) is 6.17. The first-order valence-corrected chi connectivity index (χ1v) is 6.46. The van der Waals surface area contributed by atoms with Crippen molar-refractivity contribution >= 4 is 11.6 Å². The number of hydrogen-bond donors (Lipinski definition) is 2. The van der Waals surface area contributed by atoms with Crippen LogP contribution in [0.15, 0.2) is 18.2 Å². The number of rotatable bonds is 5. The lowest BCUT2D eigenvalue weighted by molar-refractivity contribution is -0.121. The van der Waals surface area contributed by atoms with E-state index in [1.807, 2.05) is 32.9 Å². The zero-order valence-electron chi connectivity index (χ0n) is 12.1. The van der Waals surface area contributed by atoms with Crippen molar-refractivity contribution in [1.29, 1.82) is 0 Å². The third-order valence-corrected chi connectivity index (χ3v) is 3.18. The SMILES string of the molecule is CCC(C)(C)NC(=O)CNc1ccc(C)cc1C. The molecule has 0 saturated carbocycles. The van der Waals surface area contributed by atoms with Gasteiger partial charge in [-0.25, -0.2) is 0 Å². The third kappa shape index (κ3) is 4.40. The van der Waals surface area contributed by atoms with E-state index in [1.165, 1.54) is 5.56 Å². The van der Waals surface area contributed by atoms with Gasteiger partial charge in [0.05, 0.1) is 6.54 Å². The summed E-state index contributed by atoms with van der Waals surface area (Å²) >= 11 is 0. The first kappa shape index (κ1) is 14.6. The van der Waals surface area contributed by atoms with E-state index in [4.69, 9.17) is 0 Å². The van der Waals surface area contributed by atoms with Crippen LogP contribution in [-0.2, 0) is 4.79 Å². The molecule has 1 aromatic carbocycles. The van der Waals surface area contributed by atoms with E-state index >= 15 is 0 Å². The quantitative estimate of drug-likeness (QED) is 0.841. The Morgan fingerprint density at radius 2 is 1.94 bits per heavy atom. The zero-order chi connectivity index (χ0) is 13.8. The Morgan fingerprint density at radius 1 is 1.28 bits per heavy atom. The molecule has 3 nitrogen and oxygen atoms in total. The lowest BCUT2D eigenvalue weighted by atomic mass is 10.0. The highest BCUT2D eigenvalue weighted by Crippen LogP contribution is 2.15. The molecular weight excluding hydrogens is 224 g/mol. The molecule has 18 heavy (non-hydrogen) atoms. The van der Waals surface area contributed by atoms with Gasteiger partial charge >= 0.3 is 0 Å². The second kappa shape index (κ2) is 5.89. The summed E-state index contributed by atoms with van der Waals surface area (Å²) in [5.41, 5.74) is 3.28. The van der Waals surface area contributed by atoms with E-state index < -0.39 is 0 Å². The lowest BCUT2D eigenvalue weighted by Gasteiger charge is -2.24. The highest BCUT2D eigenvalue weighted by molar-refractivity contribution is 5.81. The minimum absolute atomic E-state index is 0.0295. The first-order chi connectivity index (χ1) is 8.34. The summed E-state index contributed by atoms with van der Waals surface area (Å²) < 4.78 is 0. The molecule has 100 valence electrons. The predicted octanol–water partition coefficient (Wildman–Crippen LogP) is 3.02. The third-order valence-electron chi connectivity index (χ3n) is 3.18. The molecule has 0 radical (unpaired) electrons. The van der Waals surface area contributed by atoms with Crippen molar-refractivity contribution in [3.8, 4) is 0 Å². The molecular formula is C15H24N2O. The average molecular weight is 248 g/mol. The Labute approximate surface area is 110 Å². The van der Waals surface area contributed by atoms with E-state index in [-0.39, 0.29) is 11.4 Å². The second-order valence-electron chi connectivity index (χ2n) is 5.46. The van der Waals surface area contributed by atoms with Gasteiger partial charge in [0.1, 0.15) is 0 Å². The van der Waals surface area contributed by atoms with Crippen molar-refractivity contribution in [3.05, 3.63) is 29.3 Å². The normalized spacial score (nSPS) is 11.2. The largest absolute Gasteiger partial charge is 0.376 e. The Kier molecular flexibility index (Phi) is 4.76. The van der Waals surface area contributed by atoms with Crippen LogP contribution in [0, 0.1) is 13.8 Å². The van der Waals surface area contributed by atoms with Gasteiger partial charge in [0.2, 0.25) is 5.91 Å². The maximum atomic E-state index is 11.8. The van der Waals surface area contributed by atoms with Crippen LogP contribution < -0.4 is 10.6 Å². The number of benzene rings is 1. The van der Waals surface area contributed by atoms with Crippen LogP contribution in [0.3, 0.4) is 0 Å². The Hall–Kier alpha value is -1.51. The van der Waals surface area contributed by atoms with Gasteiger partial charge in [-0.15, -0.1) is 0 Å². The molecule has 3 heteroatoms. The number of aryl methyl sites for hydroxylation is 2. The number of nitrogens with one attached hydrogen (secondary N) is 2. The highest BCUT2D eigenvalue weighted by Gasteiger charge is 2.17. The highest BCUT2D eigenvalue weighted by atomic mass is 16.2. The standard InChI is InChI=1S/C15H24N2O/c1-6-15(4,5)17-14(18)10-16-13-8-7-11(2)9-12(13)3/h7-9,16H,6,10H2,1-5H3,(H,17,18). The van der Waals surface area contributed by atoms with Crippen LogP contribution in [0.2, 0.25) is 0 Å². The van der Waals surface area contributed by atoms with Crippen molar-refractivity contribution in [2.45, 2.75) is 46.6 Å². The number of amides is 1. The van der Waals surface area contributed by atoms with Crippen LogP contribution in [0.4, 0.5) is 5.69 Å². The summed E-state index contributed by atoms with van der Waals surface area (Å²) in [5.74, 6) is 0.0295. The van der Waals surface area contributed by atoms with Gasteiger partial charge < -0.3 is 10.6 Å². The van der Waals surface area contributed by atoms with E-state index in [1.54, 1.807) is 0 Å². The molecule has 0 bridgehead atoms. The summed E-state index contributed by atoms with van der Waals surface area (Å²) in [7, 11) is 0. The fourth-order valence-electron chi connectivity index (χ4n) is 1.70. The van der Waals surface area contributed by atoms with Gasteiger partial charge in [-0.3, -0.25) is 4.79 Å². The Bertz CT molecular complexity index is 425. The smallest absolute Gasteiger partial charge is 0.239 e. The van der Waals surface area contributed by atoms with Crippen LogP contribution >= 0.6 is 0 Å². The number of anilines is 1. The summed E-state index contributed by atoms with van der Waals surface area (Å²) in [6.45, 7) is 10.5. The first-order valence-electron chi connectivity index (χ1n) is 6.46. The molecule has 1 aromatic rings. The van der Waals surface area contributed by atoms with Crippen molar-refractivity contribution < 1.29 is 4.79 Å². The molecule has 0 fully saturated rings. The molecule has 0 aliphatic heterocycles. The van der Waals surface area contributed by atoms with Gasteiger partial charge in [-0.05, 0) is 45.7 Å². The number of carbonyl (C=O) groups excluding carboxylic acids is 1. The molecule has 0 spiro atoms. The van der Waals surface area contributed by atoms with Gasteiger partial charge in [-0.2, -0.15) is 0 Å². The van der Waals surface area contributed by atoms with Crippen LogP contribution in [-0.4, -0.2) is 18.0 Å². The van der Waals surface area contributed by atoms with Crippen molar-refractivity contribution in [2.75, 3.05) is 11.9 Å². The Balaban J connectivity index is 2.53. The molecule has 0 aliphatic rings. The molecule has 0 unspecified atom stereocenters. The van der Waals surface area contributed by atoms with E-state index in [0.29, 0.717) is 6.54 Å². The van der Waals surface area contributed by atoms with Gasteiger partial charge in [0.25, 0.3) is 0 Å². The summed E-state index contributed by atoms with van der Waals surface area (Å²) in [4.78, 5) is 11.8. The van der Waals surface area contributed by atoms with Gasteiger partial charge in [-0.1, -0.05) is 24.6 Å². The molecule has 1 amide bonds. The number of hydrogen-bond acceptors (Lipinski definition) is 2. The van der Waals surface area contributed by atoms with Gasteiger partial charge in [0.15, 0.2) is 0 Å². The van der Waals surface area contributed by atoms with Crippen LogP contribution in [0.5, 0.6) is 0 Å². The fourth-order valence-corrected chi connectivity index (χ4v) is 1.70. The lowest BCUT2D eigenvalue weighted by Crippen LogP contribution is -2.45. The maximum Gasteiger partial charge on any atom is 0.239 e. The van der Waals surface area contributed by atoms with E-state index in [2.05, 4.69) is 30.5 Å².